The molecule has 2 saturated heterocycles. The zero-order chi connectivity index (χ0) is 31.8. The number of aryl methyl sites for hydroxylation is 1. The molecule has 2 aliphatic rings. The number of nitrogens with one attached hydrogen (secondary N) is 1. The number of nitrogens with two attached hydrogens (primary N) is 1. The number of hydrogen-bond donors (Lipinski definition) is 2. The lowest BCUT2D eigenvalue weighted by atomic mass is 10.0. The smallest absolute Gasteiger partial charge is 0.269 e. The first kappa shape index (κ1) is 29.8. The van der Waals surface area contributed by atoms with Crippen LogP contribution in [0.5, 0.6) is 0 Å². The van der Waals surface area contributed by atoms with E-state index in [-0.39, 0.29) is 37.4 Å². The number of aromatic nitrogens is 4. The van der Waals surface area contributed by atoms with Crippen molar-refractivity contribution in [2.45, 2.75) is 51.0 Å². The molecule has 3 atom stereocenters. The predicted molar refractivity (Wildman–Crippen MR) is 159 cm³/mol. The number of rotatable bonds is 7. The maximum Gasteiger partial charge on any atom is 0.269 e. The van der Waals surface area contributed by atoms with Crippen molar-refractivity contribution in [3.8, 4) is 11.1 Å². The Hall–Kier alpha value is -5.27. The van der Waals surface area contributed by atoms with Crippen molar-refractivity contribution in [3.63, 3.8) is 0 Å². The van der Waals surface area contributed by atoms with Gasteiger partial charge in [0.25, 0.3) is 5.91 Å². The standard InChI is InChI=1S/C31H30F2N8O4/c1-17-4-6-22(33)25(11-17)39-10-2-3-23(31(39)45)37-30(44)26-13-20(32)15-40(26)27(42)16-41-24-7-5-18(19-8-9-35-36-14-19)12-21(24)28(38-41)29(34)43/h4-9,11-12,14,20,23,26H,2-3,10,13,15-16H2,1H3,(H2,34,43)(H,37,44). The molecule has 4 heterocycles. The van der Waals surface area contributed by atoms with E-state index >= 15 is 0 Å². The number of likely N-dealkylation sites (tertiary alicyclic amines) is 1. The predicted octanol–water partition coefficient (Wildman–Crippen LogP) is 2.29. The number of halogens is 2. The second-order valence-electron chi connectivity index (χ2n) is 11.3. The Balaban J connectivity index is 1.20. The molecule has 4 aromatic rings. The van der Waals surface area contributed by atoms with Gasteiger partial charge in [-0.2, -0.15) is 15.3 Å². The van der Waals surface area contributed by atoms with Crippen molar-refractivity contribution in [1.29, 1.82) is 0 Å². The fourth-order valence-electron chi connectivity index (χ4n) is 6.00. The highest BCUT2D eigenvalue weighted by Gasteiger charge is 2.42. The normalized spacial score (nSPS) is 20.1. The number of carbonyl (C=O) groups excluding carboxylic acids is 4. The number of alkyl halides is 1. The topological polar surface area (TPSA) is 156 Å². The van der Waals surface area contributed by atoms with Crippen molar-refractivity contribution in [3.05, 3.63) is 71.9 Å². The van der Waals surface area contributed by atoms with Gasteiger partial charge in [-0.1, -0.05) is 12.1 Å². The number of amides is 4. The average molecular weight is 617 g/mol. The van der Waals surface area contributed by atoms with Crippen LogP contribution in [0.1, 0.15) is 35.3 Å². The monoisotopic (exact) mass is 616 g/mol. The van der Waals surface area contributed by atoms with Gasteiger partial charge in [0.2, 0.25) is 17.7 Å². The third kappa shape index (κ3) is 5.82. The summed E-state index contributed by atoms with van der Waals surface area (Å²) >= 11 is 0. The van der Waals surface area contributed by atoms with Crippen LogP contribution >= 0.6 is 0 Å². The van der Waals surface area contributed by atoms with E-state index < -0.39 is 47.7 Å². The van der Waals surface area contributed by atoms with E-state index in [9.17, 15) is 28.0 Å². The quantitative estimate of drug-likeness (QED) is 0.323. The van der Waals surface area contributed by atoms with Crippen LogP contribution in [0.2, 0.25) is 0 Å². The van der Waals surface area contributed by atoms with Crippen LogP contribution in [0.3, 0.4) is 0 Å². The molecule has 0 radical (unpaired) electrons. The third-order valence-electron chi connectivity index (χ3n) is 8.21. The van der Waals surface area contributed by atoms with E-state index in [1.54, 1.807) is 49.5 Å². The molecular weight excluding hydrogens is 586 g/mol. The van der Waals surface area contributed by atoms with Gasteiger partial charge in [0.05, 0.1) is 30.1 Å². The van der Waals surface area contributed by atoms with Gasteiger partial charge >= 0.3 is 0 Å². The first-order chi connectivity index (χ1) is 21.6. The average Bonchev–Trinajstić information content (AvgIpc) is 3.60. The molecule has 6 rings (SSSR count). The van der Waals surface area contributed by atoms with Crippen LogP contribution in [0.25, 0.3) is 22.0 Å². The molecule has 0 saturated carbocycles. The molecule has 0 spiro atoms. The summed E-state index contributed by atoms with van der Waals surface area (Å²) in [6.45, 7) is 1.36. The molecular formula is C31H30F2N8O4. The summed E-state index contributed by atoms with van der Waals surface area (Å²) in [5, 5.41) is 15.0. The number of fused-ring (bicyclic) bond motifs is 1. The maximum absolute atomic E-state index is 14.7. The number of anilines is 1. The van der Waals surface area contributed by atoms with Gasteiger partial charge in [-0.15, -0.1) is 0 Å². The number of piperidine rings is 1. The number of benzene rings is 2. The Morgan fingerprint density at radius 3 is 2.67 bits per heavy atom. The number of primary amides is 1. The fraction of sp³-hybridized carbons (Fsp3) is 0.323. The lowest BCUT2D eigenvalue weighted by Gasteiger charge is -2.34. The third-order valence-corrected chi connectivity index (χ3v) is 8.21. The SMILES string of the molecule is Cc1ccc(F)c(N2CCCC(NC(=O)C3CC(F)CN3C(=O)Cn3nc(C(N)=O)c4cc(-c5ccnnc5)ccc43)C2=O)c1. The number of hydrogen-bond acceptors (Lipinski definition) is 7. The van der Waals surface area contributed by atoms with E-state index in [4.69, 9.17) is 5.73 Å². The molecule has 2 aliphatic heterocycles. The van der Waals surface area contributed by atoms with Gasteiger partial charge in [0, 0.05) is 23.9 Å². The first-order valence-electron chi connectivity index (χ1n) is 14.5. The second kappa shape index (κ2) is 12.0. The van der Waals surface area contributed by atoms with E-state index in [2.05, 4.69) is 20.6 Å². The molecule has 4 amide bonds. The molecule has 45 heavy (non-hydrogen) atoms. The highest BCUT2D eigenvalue weighted by Crippen LogP contribution is 2.29. The van der Waals surface area contributed by atoms with Crippen molar-refractivity contribution in [2.24, 2.45) is 5.73 Å². The number of carbonyl (C=O) groups is 4. The summed E-state index contributed by atoms with van der Waals surface area (Å²) in [6.07, 6.45) is 2.21. The van der Waals surface area contributed by atoms with Gasteiger partial charge in [-0.3, -0.25) is 23.9 Å². The summed E-state index contributed by atoms with van der Waals surface area (Å²) < 4.78 is 30.5. The van der Waals surface area contributed by atoms with Gasteiger partial charge in [0.15, 0.2) is 5.69 Å². The van der Waals surface area contributed by atoms with E-state index in [0.29, 0.717) is 23.7 Å². The molecule has 0 bridgehead atoms. The highest BCUT2D eigenvalue weighted by molar-refractivity contribution is 6.05. The van der Waals surface area contributed by atoms with E-state index in [1.807, 2.05) is 0 Å². The molecule has 2 aromatic carbocycles. The summed E-state index contributed by atoms with van der Waals surface area (Å²) in [4.78, 5) is 54.9. The van der Waals surface area contributed by atoms with Gasteiger partial charge in [-0.05, 0) is 61.2 Å². The number of nitrogens with zero attached hydrogens (tertiary/aromatic N) is 6. The maximum atomic E-state index is 14.7. The summed E-state index contributed by atoms with van der Waals surface area (Å²) in [5.41, 5.74) is 8.36. The molecule has 12 nitrogen and oxygen atoms in total. The van der Waals surface area contributed by atoms with Crippen molar-refractivity contribution in [1.82, 2.24) is 30.2 Å². The molecule has 2 fully saturated rings. The van der Waals surface area contributed by atoms with Crippen molar-refractivity contribution < 1.29 is 28.0 Å². The molecule has 2 aromatic heterocycles. The fourth-order valence-corrected chi connectivity index (χ4v) is 6.00. The Morgan fingerprint density at radius 2 is 1.91 bits per heavy atom. The summed E-state index contributed by atoms with van der Waals surface area (Å²) in [6, 6.07) is 9.23. The molecule has 232 valence electrons. The zero-order valence-corrected chi connectivity index (χ0v) is 24.3. The van der Waals surface area contributed by atoms with Crippen molar-refractivity contribution in [2.75, 3.05) is 18.0 Å². The minimum Gasteiger partial charge on any atom is -0.364 e. The molecule has 0 aliphatic carbocycles. The van der Waals surface area contributed by atoms with Crippen LogP contribution in [0.4, 0.5) is 14.5 Å². The highest BCUT2D eigenvalue weighted by atomic mass is 19.1. The van der Waals surface area contributed by atoms with Crippen molar-refractivity contribution >= 4 is 40.2 Å². The van der Waals surface area contributed by atoms with Gasteiger partial charge in [0.1, 0.15) is 30.6 Å². The Kier molecular flexibility index (Phi) is 7.96. The Morgan fingerprint density at radius 1 is 1.09 bits per heavy atom. The second-order valence-corrected chi connectivity index (χ2v) is 11.3. The van der Waals surface area contributed by atoms with Gasteiger partial charge < -0.3 is 20.9 Å². The minimum absolute atomic E-state index is 0.0499. The lowest BCUT2D eigenvalue weighted by Crippen LogP contribution is -2.56. The van der Waals surface area contributed by atoms with Crippen LogP contribution in [-0.4, -0.2) is 79.9 Å². The Labute approximate surface area is 256 Å². The summed E-state index contributed by atoms with van der Waals surface area (Å²) in [7, 11) is 0. The largest absolute Gasteiger partial charge is 0.364 e. The van der Waals surface area contributed by atoms with E-state index in [0.717, 1.165) is 21.6 Å². The van der Waals surface area contributed by atoms with Crippen LogP contribution in [0.15, 0.2) is 54.9 Å². The van der Waals surface area contributed by atoms with Crippen LogP contribution in [-0.2, 0) is 20.9 Å². The first-order valence-corrected chi connectivity index (χ1v) is 14.5. The molecule has 3 unspecified atom stereocenters. The van der Waals surface area contributed by atoms with Crippen LogP contribution in [0, 0.1) is 12.7 Å². The Bertz CT molecular complexity index is 1810. The van der Waals surface area contributed by atoms with Crippen LogP contribution < -0.4 is 16.0 Å². The molecule has 14 heteroatoms. The zero-order valence-electron chi connectivity index (χ0n) is 24.3. The van der Waals surface area contributed by atoms with E-state index in [1.165, 1.54) is 21.8 Å². The minimum atomic E-state index is -1.46. The van der Waals surface area contributed by atoms with Gasteiger partial charge in [-0.25, -0.2) is 8.78 Å². The molecule has 3 N–H and O–H groups in total. The summed E-state index contributed by atoms with van der Waals surface area (Å²) in [5.74, 6) is -3.10. The lowest BCUT2D eigenvalue weighted by molar-refractivity contribution is -0.140.